The van der Waals surface area contributed by atoms with Gasteiger partial charge in [0.2, 0.25) is 0 Å². The lowest BCUT2D eigenvalue weighted by molar-refractivity contribution is 0.232. The van der Waals surface area contributed by atoms with E-state index in [4.69, 9.17) is 4.74 Å². The topological polar surface area (TPSA) is 44.7 Å². The van der Waals surface area contributed by atoms with Gasteiger partial charge in [0.05, 0.1) is 7.11 Å². The number of methoxy groups -OCH3 is 1. The van der Waals surface area contributed by atoms with Crippen LogP contribution in [-0.4, -0.2) is 43.3 Å². The monoisotopic (exact) mass is 240 g/mol. The van der Waals surface area contributed by atoms with E-state index in [2.05, 4.69) is 10.2 Å². The van der Waals surface area contributed by atoms with Crippen LogP contribution < -0.4 is 10.1 Å². The Kier molecular flexibility index (Phi) is 3.81. The molecule has 0 saturated carbocycles. The number of benzene rings is 1. The third-order valence-corrected chi connectivity index (χ3v) is 2.92. The summed E-state index contributed by atoms with van der Waals surface area (Å²) in [5.41, 5.74) is 0.819. The number of rotatable bonds is 3. The van der Waals surface area contributed by atoms with E-state index in [1.807, 2.05) is 0 Å². The molecule has 1 fully saturated rings. The molecule has 4 nitrogen and oxygen atoms in total. The SMILES string of the molecule is COc1cc(CN2CCNCC2)cc(F)c1O. The fourth-order valence-electron chi connectivity index (χ4n) is 2.00. The number of phenolic OH excluding ortho intramolecular Hbond substituents is 1. The highest BCUT2D eigenvalue weighted by Crippen LogP contribution is 2.30. The van der Waals surface area contributed by atoms with Crippen LogP contribution in [0.15, 0.2) is 12.1 Å². The van der Waals surface area contributed by atoms with Gasteiger partial charge >= 0.3 is 0 Å². The second kappa shape index (κ2) is 5.33. The van der Waals surface area contributed by atoms with Crippen molar-refractivity contribution >= 4 is 0 Å². The smallest absolute Gasteiger partial charge is 0.194 e. The first-order valence-corrected chi connectivity index (χ1v) is 5.69. The maximum Gasteiger partial charge on any atom is 0.194 e. The van der Waals surface area contributed by atoms with Crippen LogP contribution in [0.5, 0.6) is 11.5 Å². The van der Waals surface area contributed by atoms with Crippen LogP contribution in [-0.2, 0) is 6.54 Å². The van der Waals surface area contributed by atoms with Gasteiger partial charge in [0.25, 0.3) is 0 Å². The Labute approximate surface area is 100.0 Å². The number of piperazine rings is 1. The molecular weight excluding hydrogens is 223 g/mol. The van der Waals surface area contributed by atoms with Crippen LogP contribution in [0.1, 0.15) is 5.56 Å². The molecule has 1 saturated heterocycles. The highest BCUT2D eigenvalue weighted by atomic mass is 19.1. The van der Waals surface area contributed by atoms with Crippen molar-refractivity contribution in [1.82, 2.24) is 10.2 Å². The summed E-state index contributed by atoms with van der Waals surface area (Å²) in [4.78, 5) is 2.24. The number of hydrogen-bond acceptors (Lipinski definition) is 4. The van der Waals surface area contributed by atoms with Gasteiger partial charge in [-0.25, -0.2) is 4.39 Å². The first kappa shape index (κ1) is 12.1. The number of nitrogens with one attached hydrogen (secondary N) is 1. The standard InChI is InChI=1S/C12H17FN2O2/c1-17-11-7-9(6-10(13)12(11)16)8-15-4-2-14-3-5-15/h6-7,14,16H,2-5,8H2,1H3. The average Bonchev–Trinajstić information content (AvgIpc) is 2.35. The lowest BCUT2D eigenvalue weighted by Gasteiger charge is -2.27. The molecule has 1 aliphatic rings. The lowest BCUT2D eigenvalue weighted by atomic mass is 10.1. The van der Waals surface area contributed by atoms with E-state index in [1.165, 1.54) is 13.2 Å². The number of nitrogens with zero attached hydrogens (tertiary/aromatic N) is 1. The van der Waals surface area contributed by atoms with E-state index in [1.54, 1.807) is 6.07 Å². The lowest BCUT2D eigenvalue weighted by Crippen LogP contribution is -2.42. The molecule has 17 heavy (non-hydrogen) atoms. The molecular formula is C12H17FN2O2. The highest BCUT2D eigenvalue weighted by molar-refractivity contribution is 5.43. The van der Waals surface area contributed by atoms with Gasteiger partial charge in [-0.3, -0.25) is 4.90 Å². The Bertz CT molecular complexity index is 392. The molecule has 5 heteroatoms. The first-order chi connectivity index (χ1) is 8.20. The number of halogens is 1. The summed E-state index contributed by atoms with van der Waals surface area (Å²) in [7, 11) is 1.42. The van der Waals surface area contributed by atoms with Crippen LogP contribution in [0.3, 0.4) is 0 Å². The zero-order valence-corrected chi connectivity index (χ0v) is 9.87. The Balaban J connectivity index is 2.12. The maximum absolute atomic E-state index is 13.4. The normalized spacial score (nSPS) is 17.1. The Morgan fingerprint density at radius 3 is 2.76 bits per heavy atom. The number of phenols is 1. The number of hydrogen-bond donors (Lipinski definition) is 2. The molecule has 0 unspecified atom stereocenters. The molecule has 1 aliphatic heterocycles. The van der Waals surface area contributed by atoms with Crippen molar-refractivity contribution in [1.29, 1.82) is 0 Å². The fourth-order valence-corrected chi connectivity index (χ4v) is 2.00. The van der Waals surface area contributed by atoms with E-state index >= 15 is 0 Å². The van der Waals surface area contributed by atoms with E-state index < -0.39 is 11.6 Å². The molecule has 0 aromatic heterocycles. The van der Waals surface area contributed by atoms with Gasteiger partial charge < -0.3 is 15.2 Å². The molecule has 0 atom stereocenters. The molecule has 1 aromatic rings. The van der Waals surface area contributed by atoms with Crippen molar-refractivity contribution in [2.45, 2.75) is 6.54 Å². The van der Waals surface area contributed by atoms with Crippen LogP contribution >= 0.6 is 0 Å². The van der Waals surface area contributed by atoms with Gasteiger partial charge in [-0.1, -0.05) is 0 Å². The van der Waals surface area contributed by atoms with Gasteiger partial charge in [0, 0.05) is 32.7 Å². The summed E-state index contributed by atoms with van der Waals surface area (Å²) in [6.07, 6.45) is 0. The molecule has 0 bridgehead atoms. The van der Waals surface area contributed by atoms with Gasteiger partial charge in [0.1, 0.15) is 0 Å². The predicted octanol–water partition coefficient (Wildman–Crippen LogP) is 0.945. The molecule has 0 amide bonds. The molecule has 94 valence electrons. The van der Waals surface area contributed by atoms with E-state index in [0.717, 1.165) is 31.7 Å². The van der Waals surface area contributed by atoms with Gasteiger partial charge in [-0.05, 0) is 17.7 Å². The van der Waals surface area contributed by atoms with Crippen molar-refractivity contribution in [3.05, 3.63) is 23.5 Å². The van der Waals surface area contributed by atoms with Crippen LogP contribution in [0, 0.1) is 5.82 Å². The van der Waals surface area contributed by atoms with E-state index in [-0.39, 0.29) is 5.75 Å². The minimum atomic E-state index is -0.630. The van der Waals surface area contributed by atoms with Crippen molar-refractivity contribution in [3.63, 3.8) is 0 Å². The Morgan fingerprint density at radius 2 is 2.12 bits per heavy atom. The molecule has 0 radical (unpaired) electrons. The Morgan fingerprint density at radius 1 is 1.41 bits per heavy atom. The number of ether oxygens (including phenoxy) is 1. The van der Waals surface area contributed by atoms with Crippen molar-refractivity contribution in [2.24, 2.45) is 0 Å². The molecule has 0 aliphatic carbocycles. The van der Waals surface area contributed by atoms with Crippen molar-refractivity contribution in [2.75, 3.05) is 33.3 Å². The summed E-state index contributed by atoms with van der Waals surface area (Å²) in [6.45, 7) is 4.49. The van der Waals surface area contributed by atoms with Crippen LogP contribution in [0.4, 0.5) is 4.39 Å². The summed E-state index contributed by atoms with van der Waals surface area (Å²) < 4.78 is 18.4. The molecule has 2 N–H and O–H groups in total. The summed E-state index contributed by atoms with van der Waals surface area (Å²) >= 11 is 0. The summed E-state index contributed by atoms with van der Waals surface area (Å²) in [5.74, 6) is -0.860. The molecule has 0 spiro atoms. The van der Waals surface area contributed by atoms with Gasteiger partial charge in [-0.2, -0.15) is 0 Å². The van der Waals surface area contributed by atoms with E-state index in [9.17, 15) is 9.50 Å². The largest absolute Gasteiger partial charge is 0.502 e. The summed E-state index contributed by atoms with van der Waals surface area (Å²) in [6, 6.07) is 3.04. The third kappa shape index (κ3) is 2.87. The number of aromatic hydroxyl groups is 1. The second-order valence-electron chi connectivity index (χ2n) is 4.15. The summed E-state index contributed by atoms with van der Waals surface area (Å²) in [5, 5.41) is 12.7. The van der Waals surface area contributed by atoms with Crippen LogP contribution in [0.2, 0.25) is 0 Å². The van der Waals surface area contributed by atoms with Crippen molar-refractivity contribution < 1.29 is 14.2 Å². The predicted molar refractivity (Wildman–Crippen MR) is 62.8 cm³/mol. The minimum absolute atomic E-state index is 0.190. The molecule has 1 aromatic carbocycles. The maximum atomic E-state index is 13.4. The second-order valence-corrected chi connectivity index (χ2v) is 4.15. The Hall–Kier alpha value is -1.33. The minimum Gasteiger partial charge on any atom is -0.502 e. The molecule has 1 heterocycles. The zero-order chi connectivity index (χ0) is 12.3. The fraction of sp³-hybridized carbons (Fsp3) is 0.500. The zero-order valence-electron chi connectivity index (χ0n) is 9.87. The molecule has 2 rings (SSSR count). The van der Waals surface area contributed by atoms with Crippen LogP contribution in [0.25, 0.3) is 0 Å². The van der Waals surface area contributed by atoms with Crippen molar-refractivity contribution in [3.8, 4) is 11.5 Å². The third-order valence-electron chi connectivity index (χ3n) is 2.92. The van der Waals surface area contributed by atoms with Gasteiger partial charge in [-0.15, -0.1) is 0 Å². The van der Waals surface area contributed by atoms with E-state index in [0.29, 0.717) is 6.54 Å². The first-order valence-electron chi connectivity index (χ1n) is 5.69. The van der Waals surface area contributed by atoms with Gasteiger partial charge in [0.15, 0.2) is 17.3 Å². The quantitative estimate of drug-likeness (QED) is 0.825. The average molecular weight is 240 g/mol. The highest BCUT2D eigenvalue weighted by Gasteiger charge is 2.14.